The van der Waals surface area contributed by atoms with Crippen LogP contribution in [0.5, 0.6) is 0 Å². The maximum atomic E-state index is 11.0. The summed E-state index contributed by atoms with van der Waals surface area (Å²) in [7, 11) is 0. The Balaban J connectivity index is 1.43. The fourth-order valence-corrected chi connectivity index (χ4v) is 5.51. The third-order valence-electron chi connectivity index (χ3n) is 6.50. The van der Waals surface area contributed by atoms with Gasteiger partial charge in [0.2, 0.25) is 0 Å². The molecule has 3 aliphatic heterocycles. The third kappa shape index (κ3) is 2.50. The van der Waals surface area contributed by atoms with Crippen LogP contribution in [-0.2, 0) is 9.53 Å². The number of hydrogen-bond donors (Lipinski definition) is 1. The van der Waals surface area contributed by atoms with Crippen LogP contribution in [0.3, 0.4) is 0 Å². The van der Waals surface area contributed by atoms with Crippen molar-refractivity contribution in [3.05, 3.63) is 0 Å². The number of hydrogen-bond acceptors (Lipinski definition) is 3. The Labute approximate surface area is 126 Å². The Morgan fingerprint density at radius 3 is 2.43 bits per heavy atom. The molecule has 0 aromatic carbocycles. The molecule has 3 unspecified atom stereocenters. The fraction of sp³-hybridized carbons (Fsp3) is 0.941. The highest BCUT2D eigenvalue weighted by Gasteiger charge is 2.49. The lowest BCUT2D eigenvalue weighted by Gasteiger charge is -2.52. The molecule has 4 rings (SSSR count). The predicted molar refractivity (Wildman–Crippen MR) is 79.2 cm³/mol. The Morgan fingerprint density at radius 2 is 1.86 bits per heavy atom. The third-order valence-corrected chi connectivity index (χ3v) is 6.50. The minimum Gasteiger partial charge on any atom is -0.481 e. The summed E-state index contributed by atoms with van der Waals surface area (Å²) in [6.45, 7) is 0.930. The largest absolute Gasteiger partial charge is 0.481 e. The van der Waals surface area contributed by atoms with Crippen molar-refractivity contribution in [2.24, 2.45) is 5.92 Å². The van der Waals surface area contributed by atoms with E-state index in [9.17, 15) is 4.79 Å². The first-order chi connectivity index (χ1) is 10.2. The number of nitrogens with zero attached hydrogens (tertiary/aromatic N) is 1. The second-order valence-electron chi connectivity index (χ2n) is 7.80. The highest BCUT2D eigenvalue weighted by atomic mass is 16.5. The van der Waals surface area contributed by atoms with Crippen LogP contribution in [-0.4, -0.2) is 46.3 Å². The second-order valence-corrected chi connectivity index (χ2v) is 7.80. The van der Waals surface area contributed by atoms with Gasteiger partial charge in [-0.15, -0.1) is 0 Å². The zero-order valence-corrected chi connectivity index (χ0v) is 12.8. The number of ether oxygens (including phenoxy) is 1. The lowest BCUT2D eigenvalue weighted by Crippen LogP contribution is -2.56. The van der Waals surface area contributed by atoms with Gasteiger partial charge in [0.15, 0.2) is 0 Å². The highest BCUT2D eigenvalue weighted by molar-refractivity contribution is 5.67. The van der Waals surface area contributed by atoms with Crippen LogP contribution in [0.25, 0.3) is 0 Å². The van der Waals surface area contributed by atoms with Crippen molar-refractivity contribution in [3.63, 3.8) is 0 Å². The molecule has 1 N–H and O–H groups in total. The van der Waals surface area contributed by atoms with Gasteiger partial charge >= 0.3 is 5.97 Å². The quantitative estimate of drug-likeness (QED) is 0.869. The molecular weight excluding hydrogens is 266 g/mol. The van der Waals surface area contributed by atoms with Crippen LogP contribution < -0.4 is 0 Å². The summed E-state index contributed by atoms with van der Waals surface area (Å²) in [4.78, 5) is 13.8. The molecule has 3 atom stereocenters. The normalized spacial score (nSPS) is 41.9. The van der Waals surface area contributed by atoms with E-state index in [1.807, 2.05) is 0 Å². The van der Waals surface area contributed by atoms with Gasteiger partial charge in [0.25, 0.3) is 0 Å². The molecule has 1 saturated carbocycles. The molecule has 0 radical (unpaired) electrons. The summed E-state index contributed by atoms with van der Waals surface area (Å²) in [5.74, 6) is -0.207. The molecule has 2 bridgehead atoms. The number of carboxylic acids is 1. The topological polar surface area (TPSA) is 49.8 Å². The van der Waals surface area contributed by atoms with Crippen LogP contribution in [0, 0.1) is 5.92 Å². The molecule has 4 fully saturated rings. The lowest BCUT2D eigenvalue weighted by molar-refractivity contribution is -0.156. The van der Waals surface area contributed by atoms with Crippen molar-refractivity contribution in [2.45, 2.75) is 87.9 Å². The molecule has 1 aliphatic carbocycles. The second kappa shape index (κ2) is 5.24. The first-order valence-electron chi connectivity index (χ1n) is 8.78. The molecule has 118 valence electrons. The van der Waals surface area contributed by atoms with Gasteiger partial charge in [-0.05, 0) is 63.7 Å². The SMILES string of the molecule is O=C(O)CC1CC2CCC(C1)N2C1CCOC2(CCC2)C1. The van der Waals surface area contributed by atoms with Crippen LogP contribution in [0.4, 0.5) is 0 Å². The molecule has 0 amide bonds. The molecule has 0 aromatic heterocycles. The standard InChI is InChI=1S/C17H27NO3/c19-16(20)10-12-8-13-2-3-14(9-12)18(13)15-4-7-21-17(11-15)5-1-6-17/h12-15H,1-11H2,(H,19,20). The fourth-order valence-electron chi connectivity index (χ4n) is 5.51. The molecule has 4 heteroatoms. The van der Waals surface area contributed by atoms with E-state index in [1.54, 1.807) is 0 Å². The molecular formula is C17H27NO3. The van der Waals surface area contributed by atoms with Gasteiger partial charge in [-0.25, -0.2) is 0 Å². The Kier molecular flexibility index (Phi) is 3.49. The smallest absolute Gasteiger partial charge is 0.303 e. The van der Waals surface area contributed by atoms with Crippen molar-refractivity contribution in [1.82, 2.24) is 4.90 Å². The summed E-state index contributed by atoms with van der Waals surface area (Å²) in [5, 5.41) is 9.05. The predicted octanol–water partition coefficient (Wildman–Crippen LogP) is 2.81. The minimum absolute atomic E-state index is 0.222. The number of aliphatic carboxylic acids is 1. The average Bonchev–Trinajstić information content (AvgIpc) is 2.68. The molecule has 3 saturated heterocycles. The molecule has 4 nitrogen and oxygen atoms in total. The van der Waals surface area contributed by atoms with Crippen LogP contribution in [0.1, 0.15) is 64.2 Å². The Hall–Kier alpha value is -0.610. The summed E-state index contributed by atoms with van der Waals surface area (Å²) in [6, 6.07) is 1.99. The van der Waals surface area contributed by atoms with Gasteiger partial charge in [-0.2, -0.15) is 0 Å². The number of carboxylic acid groups (broad SMARTS) is 1. The van der Waals surface area contributed by atoms with Gasteiger partial charge in [-0.1, -0.05) is 0 Å². The van der Waals surface area contributed by atoms with E-state index in [1.165, 1.54) is 44.9 Å². The van der Waals surface area contributed by atoms with Gasteiger partial charge < -0.3 is 9.84 Å². The Morgan fingerprint density at radius 1 is 1.14 bits per heavy atom. The molecule has 4 aliphatic rings. The molecule has 1 spiro atoms. The lowest BCUT2D eigenvalue weighted by atomic mass is 9.73. The summed E-state index contributed by atoms with van der Waals surface area (Å²) in [5.41, 5.74) is 0.222. The van der Waals surface area contributed by atoms with Crippen molar-refractivity contribution < 1.29 is 14.6 Å². The number of piperidine rings is 1. The van der Waals surface area contributed by atoms with E-state index < -0.39 is 5.97 Å². The van der Waals surface area contributed by atoms with E-state index in [-0.39, 0.29) is 5.60 Å². The van der Waals surface area contributed by atoms with Crippen LogP contribution in [0.2, 0.25) is 0 Å². The van der Waals surface area contributed by atoms with Crippen molar-refractivity contribution in [3.8, 4) is 0 Å². The zero-order valence-electron chi connectivity index (χ0n) is 12.8. The maximum absolute atomic E-state index is 11.0. The Bertz CT molecular complexity index is 406. The highest BCUT2D eigenvalue weighted by Crippen LogP contribution is 2.48. The van der Waals surface area contributed by atoms with Gasteiger partial charge in [-0.3, -0.25) is 9.69 Å². The average molecular weight is 293 g/mol. The van der Waals surface area contributed by atoms with Gasteiger partial charge in [0, 0.05) is 31.2 Å². The van der Waals surface area contributed by atoms with E-state index >= 15 is 0 Å². The number of rotatable bonds is 3. The maximum Gasteiger partial charge on any atom is 0.303 e. The minimum atomic E-state index is -0.618. The molecule has 0 aromatic rings. The van der Waals surface area contributed by atoms with Crippen molar-refractivity contribution in [1.29, 1.82) is 0 Å². The van der Waals surface area contributed by atoms with Crippen molar-refractivity contribution >= 4 is 5.97 Å². The van der Waals surface area contributed by atoms with Gasteiger partial charge in [0.1, 0.15) is 0 Å². The first-order valence-corrected chi connectivity index (χ1v) is 8.78. The van der Waals surface area contributed by atoms with Crippen molar-refractivity contribution in [2.75, 3.05) is 6.61 Å². The summed E-state index contributed by atoms with van der Waals surface area (Å²) in [6.07, 6.45) is 11.4. The van der Waals surface area contributed by atoms with Crippen LogP contribution in [0.15, 0.2) is 0 Å². The summed E-state index contributed by atoms with van der Waals surface area (Å²) < 4.78 is 6.08. The van der Waals surface area contributed by atoms with E-state index in [0.717, 1.165) is 19.4 Å². The molecule has 21 heavy (non-hydrogen) atoms. The van der Waals surface area contributed by atoms with E-state index in [0.29, 0.717) is 30.5 Å². The van der Waals surface area contributed by atoms with Gasteiger partial charge in [0.05, 0.1) is 5.60 Å². The van der Waals surface area contributed by atoms with E-state index in [4.69, 9.17) is 9.84 Å². The molecule has 3 heterocycles. The monoisotopic (exact) mass is 293 g/mol. The number of fused-ring (bicyclic) bond motifs is 2. The first kappa shape index (κ1) is 14.0. The van der Waals surface area contributed by atoms with E-state index in [2.05, 4.69) is 4.90 Å². The van der Waals surface area contributed by atoms with Crippen LogP contribution >= 0.6 is 0 Å². The summed E-state index contributed by atoms with van der Waals surface area (Å²) >= 11 is 0. The number of carbonyl (C=O) groups is 1. The zero-order chi connectivity index (χ0) is 14.4.